The first-order valence-electron chi connectivity index (χ1n) is 10.4. The quantitative estimate of drug-likeness (QED) is 0.455. The molecule has 0 aliphatic heterocycles. The van der Waals surface area contributed by atoms with Gasteiger partial charge in [0, 0.05) is 24.6 Å². The molecule has 0 saturated heterocycles. The molecule has 4 rings (SSSR count). The minimum Gasteiger partial charge on any atom is -0.449 e. The molecule has 2 atom stereocenters. The highest BCUT2D eigenvalue weighted by Crippen LogP contribution is 2.44. The Morgan fingerprint density at radius 3 is 2.25 bits per heavy atom. The van der Waals surface area contributed by atoms with E-state index in [1.807, 2.05) is 36.4 Å². The number of rotatable bonds is 7. The van der Waals surface area contributed by atoms with Crippen molar-refractivity contribution in [3.63, 3.8) is 0 Å². The Morgan fingerprint density at radius 2 is 1.66 bits per heavy atom. The molecule has 0 aromatic heterocycles. The van der Waals surface area contributed by atoms with Crippen molar-refractivity contribution in [2.24, 2.45) is 5.73 Å². The Labute approximate surface area is 185 Å². The Morgan fingerprint density at radius 1 is 1.03 bits per heavy atom. The second-order valence-electron chi connectivity index (χ2n) is 7.77. The molecule has 5 N–H and O–H groups in total. The average molecular weight is 436 g/mol. The summed E-state index contributed by atoms with van der Waals surface area (Å²) in [5, 5.41) is 22.9. The Bertz CT molecular complexity index is 1080. The molecule has 1 amide bonds. The zero-order chi connectivity index (χ0) is 22.7. The highest BCUT2D eigenvalue weighted by atomic mass is 19.1. The number of halogens is 1. The van der Waals surface area contributed by atoms with Gasteiger partial charge in [-0.05, 0) is 33.9 Å². The number of ether oxygens (including phenoxy) is 1. The molecule has 0 heterocycles. The molecule has 3 aromatic carbocycles. The van der Waals surface area contributed by atoms with Crippen LogP contribution in [0.1, 0.15) is 34.3 Å². The van der Waals surface area contributed by atoms with Crippen molar-refractivity contribution >= 4 is 6.09 Å². The van der Waals surface area contributed by atoms with E-state index in [4.69, 9.17) is 10.5 Å². The van der Waals surface area contributed by atoms with E-state index in [0.29, 0.717) is 5.56 Å². The number of carbonyl (C=O) groups excluding carboxylic acids is 1. The van der Waals surface area contributed by atoms with Crippen LogP contribution in [0.5, 0.6) is 0 Å². The van der Waals surface area contributed by atoms with Crippen molar-refractivity contribution in [3.8, 4) is 11.1 Å². The maximum atomic E-state index is 13.9. The van der Waals surface area contributed by atoms with Gasteiger partial charge in [0.15, 0.2) is 0 Å². The van der Waals surface area contributed by atoms with Crippen molar-refractivity contribution in [2.75, 3.05) is 13.2 Å². The summed E-state index contributed by atoms with van der Waals surface area (Å²) in [5.41, 5.74) is 10.4. The van der Waals surface area contributed by atoms with Gasteiger partial charge in [0.05, 0.1) is 0 Å². The van der Waals surface area contributed by atoms with Crippen LogP contribution in [0.2, 0.25) is 0 Å². The van der Waals surface area contributed by atoms with E-state index in [9.17, 15) is 19.4 Å². The van der Waals surface area contributed by atoms with Gasteiger partial charge >= 0.3 is 6.09 Å². The largest absolute Gasteiger partial charge is 0.449 e. The number of alkyl carbamates (subject to hydrolysis) is 1. The molecule has 32 heavy (non-hydrogen) atoms. The predicted molar refractivity (Wildman–Crippen MR) is 118 cm³/mol. The van der Waals surface area contributed by atoms with Crippen LogP contribution in [0.4, 0.5) is 9.18 Å². The van der Waals surface area contributed by atoms with Crippen molar-refractivity contribution in [3.05, 3.63) is 94.8 Å². The van der Waals surface area contributed by atoms with E-state index in [1.165, 1.54) is 12.1 Å². The number of hydrogen-bond donors (Lipinski definition) is 4. The summed E-state index contributed by atoms with van der Waals surface area (Å²) in [4.78, 5) is 12.2. The number of nitrogens with one attached hydrogen (secondary N) is 1. The van der Waals surface area contributed by atoms with Crippen LogP contribution in [-0.2, 0) is 11.3 Å². The smallest absolute Gasteiger partial charge is 0.407 e. The number of carbonyl (C=O) groups is 1. The first kappa shape index (κ1) is 22.0. The molecule has 6 nitrogen and oxygen atoms in total. The lowest BCUT2D eigenvalue weighted by atomic mass is 9.98. The molecule has 2 unspecified atom stereocenters. The van der Waals surface area contributed by atoms with E-state index in [1.54, 1.807) is 0 Å². The van der Waals surface area contributed by atoms with Gasteiger partial charge in [0.2, 0.25) is 0 Å². The van der Waals surface area contributed by atoms with Crippen molar-refractivity contribution in [1.82, 2.24) is 5.32 Å². The fourth-order valence-corrected chi connectivity index (χ4v) is 4.08. The average Bonchev–Trinajstić information content (AvgIpc) is 3.14. The number of aliphatic hydroxyl groups is 2. The normalized spacial score (nSPS) is 14.4. The number of aliphatic hydroxyl groups excluding tert-OH is 2. The summed E-state index contributed by atoms with van der Waals surface area (Å²) >= 11 is 0. The molecule has 7 heteroatoms. The van der Waals surface area contributed by atoms with Crippen LogP contribution in [0, 0.1) is 5.82 Å². The molecule has 0 fully saturated rings. The zero-order valence-corrected chi connectivity index (χ0v) is 17.4. The molecule has 0 saturated carbocycles. The summed E-state index contributed by atoms with van der Waals surface area (Å²) in [5.74, 6) is -0.631. The van der Waals surface area contributed by atoms with Crippen LogP contribution in [0.25, 0.3) is 11.1 Å². The van der Waals surface area contributed by atoms with E-state index in [0.717, 1.165) is 28.3 Å². The third-order valence-corrected chi connectivity index (χ3v) is 5.80. The lowest BCUT2D eigenvalue weighted by molar-refractivity contribution is 0.0184. The molecule has 0 bridgehead atoms. The van der Waals surface area contributed by atoms with Gasteiger partial charge < -0.3 is 26.0 Å². The Kier molecular flexibility index (Phi) is 6.50. The minimum absolute atomic E-state index is 0.0358. The van der Waals surface area contributed by atoms with Crippen LogP contribution >= 0.6 is 0 Å². The maximum Gasteiger partial charge on any atom is 0.407 e. The van der Waals surface area contributed by atoms with Crippen LogP contribution in [-0.4, -0.2) is 35.6 Å². The molecule has 1 aliphatic carbocycles. The Balaban J connectivity index is 1.33. The van der Waals surface area contributed by atoms with Crippen LogP contribution in [0.15, 0.2) is 66.7 Å². The molecule has 1 aliphatic rings. The topological polar surface area (TPSA) is 105 Å². The summed E-state index contributed by atoms with van der Waals surface area (Å²) in [6.07, 6.45) is -3.41. The molecular formula is C25H25FN2O4. The predicted octanol–water partition coefficient (Wildman–Crippen LogP) is 3.22. The molecule has 3 aromatic rings. The number of nitrogens with two attached hydrogens (primary N) is 1. The van der Waals surface area contributed by atoms with Gasteiger partial charge in [0.1, 0.15) is 24.6 Å². The number of hydrogen-bond acceptors (Lipinski definition) is 5. The fraction of sp³-hybridized carbons (Fsp3) is 0.240. The van der Waals surface area contributed by atoms with Gasteiger partial charge in [-0.2, -0.15) is 0 Å². The molecule has 166 valence electrons. The Hall–Kier alpha value is -3.26. The van der Waals surface area contributed by atoms with Crippen molar-refractivity contribution < 1.29 is 24.1 Å². The van der Waals surface area contributed by atoms with Crippen LogP contribution < -0.4 is 11.1 Å². The lowest BCUT2D eigenvalue weighted by Gasteiger charge is -2.20. The lowest BCUT2D eigenvalue weighted by Crippen LogP contribution is -2.36. The van der Waals surface area contributed by atoms with Gasteiger partial charge in [-0.1, -0.05) is 60.7 Å². The second-order valence-corrected chi connectivity index (χ2v) is 7.77. The first-order valence-corrected chi connectivity index (χ1v) is 10.4. The van der Waals surface area contributed by atoms with E-state index < -0.39 is 24.1 Å². The zero-order valence-electron chi connectivity index (χ0n) is 17.4. The molecule has 0 radical (unpaired) electrons. The highest BCUT2D eigenvalue weighted by molar-refractivity contribution is 5.79. The summed E-state index contributed by atoms with van der Waals surface area (Å²) in [7, 11) is 0. The summed E-state index contributed by atoms with van der Waals surface area (Å²) in [6.45, 7) is -0.0729. The van der Waals surface area contributed by atoms with E-state index in [2.05, 4.69) is 17.4 Å². The van der Waals surface area contributed by atoms with Gasteiger partial charge in [-0.3, -0.25) is 0 Å². The number of amides is 1. The van der Waals surface area contributed by atoms with Gasteiger partial charge in [-0.25, -0.2) is 9.18 Å². The molecular weight excluding hydrogens is 411 g/mol. The maximum absolute atomic E-state index is 13.9. The minimum atomic E-state index is -1.37. The monoisotopic (exact) mass is 436 g/mol. The third-order valence-electron chi connectivity index (χ3n) is 5.80. The number of fused-ring (bicyclic) bond motifs is 3. The van der Waals surface area contributed by atoms with Crippen molar-refractivity contribution in [2.45, 2.75) is 24.7 Å². The number of benzene rings is 3. The highest BCUT2D eigenvalue weighted by Gasteiger charge is 2.29. The summed E-state index contributed by atoms with van der Waals surface area (Å²) in [6, 6.07) is 20.1. The fourth-order valence-electron chi connectivity index (χ4n) is 4.08. The van der Waals surface area contributed by atoms with Crippen LogP contribution in [0.3, 0.4) is 0 Å². The standard InChI is InChI=1S/C25H25FN2O4/c26-22-11-15(9-10-16(22)12-27)24(30)23(29)13-28-25(31)32-14-21-19-7-3-1-5-17(19)18-6-2-4-8-20(18)21/h1-11,21,23-24,29-30H,12-14,27H2,(H,28,31). The van der Waals surface area contributed by atoms with E-state index >= 15 is 0 Å². The third kappa shape index (κ3) is 4.36. The van der Waals surface area contributed by atoms with Gasteiger partial charge in [-0.15, -0.1) is 0 Å². The van der Waals surface area contributed by atoms with Crippen molar-refractivity contribution in [1.29, 1.82) is 0 Å². The second kappa shape index (κ2) is 9.48. The first-order chi connectivity index (χ1) is 15.5. The van der Waals surface area contributed by atoms with Gasteiger partial charge in [0.25, 0.3) is 0 Å². The summed E-state index contributed by atoms with van der Waals surface area (Å²) < 4.78 is 19.3. The SMILES string of the molecule is NCc1ccc(C(O)C(O)CNC(=O)OCC2c3ccccc3-c3ccccc32)cc1F. The van der Waals surface area contributed by atoms with E-state index in [-0.39, 0.29) is 31.2 Å². The molecule has 0 spiro atoms.